The van der Waals surface area contributed by atoms with Crippen LogP contribution in [0.5, 0.6) is 0 Å². The molecule has 0 aromatic carbocycles. The molecular weight excluding hydrogens is 865 g/mol. The van der Waals surface area contributed by atoms with Gasteiger partial charge in [0, 0.05) is 19.3 Å². The van der Waals surface area contributed by atoms with E-state index in [2.05, 4.69) is 142 Å². The van der Waals surface area contributed by atoms with E-state index in [1.807, 2.05) is 36.5 Å². The number of hydrogen-bond acceptors (Lipinski definition) is 6. The highest BCUT2D eigenvalue weighted by molar-refractivity contribution is 5.71. The van der Waals surface area contributed by atoms with Crippen molar-refractivity contribution in [3.8, 4) is 0 Å². The zero-order valence-electron chi connectivity index (χ0n) is 44.5. The van der Waals surface area contributed by atoms with Gasteiger partial charge in [-0.1, -0.05) is 230 Å². The molecule has 0 saturated heterocycles. The molecule has 390 valence electrons. The Kier molecular flexibility index (Phi) is 52.6. The summed E-state index contributed by atoms with van der Waals surface area (Å²) in [4.78, 5) is 38.1. The van der Waals surface area contributed by atoms with Gasteiger partial charge in [-0.15, -0.1) is 0 Å². The summed E-state index contributed by atoms with van der Waals surface area (Å²) < 4.78 is 16.7. The van der Waals surface area contributed by atoms with E-state index in [0.717, 1.165) is 96.3 Å². The van der Waals surface area contributed by atoms with Gasteiger partial charge in [-0.3, -0.25) is 14.4 Å². The van der Waals surface area contributed by atoms with E-state index in [4.69, 9.17) is 14.2 Å². The summed E-state index contributed by atoms with van der Waals surface area (Å²) in [5.41, 5.74) is 0. The Morgan fingerprint density at radius 2 is 0.614 bits per heavy atom. The summed E-state index contributed by atoms with van der Waals surface area (Å²) in [7, 11) is 0. The Labute approximate surface area is 429 Å². The molecule has 0 radical (unpaired) electrons. The van der Waals surface area contributed by atoms with Crippen molar-refractivity contribution in [3.63, 3.8) is 0 Å². The van der Waals surface area contributed by atoms with Gasteiger partial charge in [0.05, 0.1) is 0 Å². The Bertz CT molecular complexity index is 1620. The highest BCUT2D eigenvalue weighted by Crippen LogP contribution is 2.11. The lowest BCUT2D eigenvalue weighted by molar-refractivity contribution is -0.167. The zero-order chi connectivity index (χ0) is 50.7. The second-order valence-electron chi connectivity index (χ2n) is 17.5. The lowest BCUT2D eigenvalue weighted by Crippen LogP contribution is -2.30. The SMILES string of the molecule is CCC\C=C/C=C\C=C/C=C\C=C/CCCCCCCC(=O)OCC(COC(=O)CCC/C=C\C/C=C\C/C=C\C/C=C\CCCCC)OC(=O)CCC/C=C\C/C=C\C/C=C\C/C=C\CCCCC. The summed E-state index contributed by atoms with van der Waals surface area (Å²) in [6.07, 6.45) is 82.3. The van der Waals surface area contributed by atoms with Gasteiger partial charge in [0.1, 0.15) is 13.2 Å². The largest absolute Gasteiger partial charge is 0.462 e. The predicted molar refractivity (Wildman–Crippen MR) is 302 cm³/mol. The first kappa shape index (κ1) is 65.0. The smallest absolute Gasteiger partial charge is 0.306 e. The van der Waals surface area contributed by atoms with Crippen LogP contribution in [0.25, 0.3) is 0 Å². The van der Waals surface area contributed by atoms with Crippen molar-refractivity contribution >= 4 is 17.9 Å². The normalized spacial score (nSPS) is 13.4. The molecule has 0 aromatic rings. The molecule has 0 aliphatic carbocycles. The van der Waals surface area contributed by atoms with Gasteiger partial charge in [-0.2, -0.15) is 0 Å². The molecule has 0 rings (SSSR count). The standard InChI is InChI=1S/C64H98O6/c1-4-7-10-13-16-19-22-25-28-31-34-36-39-42-45-48-51-54-57-63(66)69-60-61(70-64(67)58-55-52-49-46-43-40-37-33-30-27-24-21-18-15-12-9-6-3)59-68-62(65)56-53-50-47-44-41-38-35-32-29-26-23-20-17-14-11-8-5-2/h10,13,16-22,25-31,34-38,40,44,46-47,49,61H,4-9,11-12,14-15,23-24,32-33,39,41-43,45,48,50-60H2,1-3H3/b13-10-,19-16-,20-17-,21-18-,25-22-,29-26-,30-27-,31-28-,36-34-,38-35-,40-37-,47-44-,49-46-. The topological polar surface area (TPSA) is 78.9 Å². The molecule has 1 atom stereocenters. The molecule has 0 aromatic heterocycles. The zero-order valence-corrected chi connectivity index (χ0v) is 44.5. The molecule has 0 aliphatic rings. The molecule has 6 nitrogen and oxygen atoms in total. The summed E-state index contributed by atoms with van der Waals surface area (Å²) in [5, 5.41) is 0. The summed E-state index contributed by atoms with van der Waals surface area (Å²) in [6.45, 7) is 6.35. The first-order valence-electron chi connectivity index (χ1n) is 27.6. The van der Waals surface area contributed by atoms with Gasteiger partial charge < -0.3 is 14.2 Å². The van der Waals surface area contributed by atoms with E-state index in [1.165, 1.54) is 57.8 Å². The van der Waals surface area contributed by atoms with Gasteiger partial charge >= 0.3 is 17.9 Å². The summed E-state index contributed by atoms with van der Waals surface area (Å²) in [5.74, 6) is -1.09. The molecule has 70 heavy (non-hydrogen) atoms. The van der Waals surface area contributed by atoms with Gasteiger partial charge in [0.25, 0.3) is 0 Å². The van der Waals surface area contributed by atoms with E-state index in [0.29, 0.717) is 19.3 Å². The monoisotopic (exact) mass is 963 g/mol. The average Bonchev–Trinajstić information content (AvgIpc) is 3.36. The van der Waals surface area contributed by atoms with Crippen LogP contribution in [0.2, 0.25) is 0 Å². The maximum atomic E-state index is 12.8. The number of ether oxygens (including phenoxy) is 3. The number of hydrogen-bond donors (Lipinski definition) is 0. The third-order valence-electron chi connectivity index (χ3n) is 10.8. The van der Waals surface area contributed by atoms with Crippen molar-refractivity contribution in [3.05, 3.63) is 158 Å². The Morgan fingerprint density at radius 3 is 1.04 bits per heavy atom. The van der Waals surface area contributed by atoms with Crippen LogP contribution in [-0.4, -0.2) is 37.2 Å². The molecule has 0 N–H and O–H groups in total. The highest BCUT2D eigenvalue weighted by atomic mass is 16.6. The minimum absolute atomic E-state index is 0.138. The van der Waals surface area contributed by atoms with Crippen LogP contribution in [0, 0.1) is 0 Å². The number of rotatable bonds is 47. The Hall–Kier alpha value is -4.97. The first-order chi connectivity index (χ1) is 34.5. The van der Waals surface area contributed by atoms with Gasteiger partial charge in [0.2, 0.25) is 0 Å². The van der Waals surface area contributed by atoms with Crippen LogP contribution >= 0.6 is 0 Å². The predicted octanol–water partition coefficient (Wildman–Crippen LogP) is 18.6. The van der Waals surface area contributed by atoms with Crippen molar-refractivity contribution in [1.29, 1.82) is 0 Å². The van der Waals surface area contributed by atoms with Crippen LogP contribution in [0.15, 0.2) is 158 Å². The lowest BCUT2D eigenvalue weighted by atomic mass is 10.1. The fourth-order valence-electron chi connectivity index (χ4n) is 6.69. The third kappa shape index (κ3) is 54.0. The maximum absolute atomic E-state index is 12.8. The second-order valence-corrected chi connectivity index (χ2v) is 17.5. The summed E-state index contributed by atoms with van der Waals surface area (Å²) in [6, 6.07) is 0. The molecular formula is C64H98O6. The fourth-order valence-corrected chi connectivity index (χ4v) is 6.69. The van der Waals surface area contributed by atoms with Gasteiger partial charge in [0.15, 0.2) is 6.10 Å². The molecule has 6 heteroatoms. The fraction of sp³-hybridized carbons (Fsp3) is 0.547. The number of carbonyl (C=O) groups excluding carboxylic acids is 3. The van der Waals surface area contributed by atoms with Crippen molar-refractivity contribution < 1.29 is 28.6 Å². The molecule has 0 bridgehead atoms. The molecule has 0 spiro atoms. The lowest BCUT2D eigenvalue weighted by Gasteiger charge is -2.18. The van der Waals surface area contributed by atoms with E-state index < -0.39 is 12.1 Å². The molecule has 1 unspecified atom stereocenters. The van der Waals surface area contributed by atoms with Crippen LogP contribution in [0.4, 0.5) is 0 Å². The number of esters is 3. The quantitative estimate of drug-likeness (QED) is 0.0199. The van der Waals surface area contributed by atoms with Crippen molar-refractivity contribution in [2.75, 3.05) is 13.2 Å². The minimum atomic E-state index is -0.848. The molecule has 0 amide bonds. The Morgan fingerprint density at radius 1 is 0.300 bits per heavy atom. The molecule has 0 saturated carbocycles. The van der Waals surface area contributed by atoms with E-state index in [1.54, 1.807) is 0 Å². The third-order valence-corrected chi connectivity index (χ3v) is 10.8. The van der Waals surface area contributed by atoms with Gasteiger partial charge in [-0.25, -0.2) is 0 Å². The van der Waals surface area contributed by atoms with Crippen LogP contribution in [0.3, 0.4) is 0 Å². The number of carbonyl (C=O) groups is 3. The summed E-state index contributed by atoms with van der Waals surface area (Å²) >= 11 is 0. The van der Waals surface area contributed by atoms with E-state index in [-0.39, 0.29) is 38.0 Å². The number of allylic oxidation sites excluding steroid dienone is 26. The van der Waals surface area contributed by atoms with Crippen molar-refractivity contribution in [1.82, 2.24) is 0 Å². The van der Waals surface area contributed by atoms with Crippen LogP contribution in [0.1, 0.15) is 207 Å². The second kappa shape index (κ2) is 56.6. The minimum Gasteiger partial charge on any atom is -0.462 e. The van der Waals surface area contributed by atoms with Crippen LogP contribution < -0.4 is 0 Å². The van der Waals surface area contributed by atoms with E-state index >= 15 is 0 Å². The van der Waals surface area contributed by atoms with Gasteiger partial charge in [-0.05, 0) is 116 Å². The molecule has 0 fully saturated rings. The highest BCUT2D eigenvalue weighted by Gasteiger charge is 2.19. The first-order valence-corrected chi connectivity index (χ1v) is 27.6. The number of unbranched alkanes of at least 4 members (excludes halogenated alkanes) is 14. The average molecular weight is 963 g/mol. The van der Waals surface area contributed by atoms with Crippen molar-refractivity contribution in [2.45, 2.75) is 213 Å². The maximum Gasteiger partial charge on any atom is 0.306 e. The molecule has 0 heterocycles. The Balaban J connectivity index is 4.66. The van der Waals surface area contributed by atoms with E-state index in [9.17, 15) is 14.4 Å². The van der Waals surface area contributed by atoms with Crippen molar-refractivity contribution in [2.24, 2.45) is 0 Å². The molecule has 0 aliphatic heterocycles. The van der Waals surface area contributed by atoms with Crippen LogP contribution in [-0.2, 0) is 28.6 Å².